The van der Waals surface area contributed by atoms with Crippen LogP contribution in [0.25, 0.3) is 21.9 Å². The Morgan fingerprint density at radius 1 is 1.12 bits per heavy atom. The summed E-state index contributed by atoms with van der Waals surface area (Å²) in [7, 11) is 0. The molecule has 5 heteroatoms. The van der Waals surface area contributed by atoms with Crippen LogP contribution in [-0.4, -0.2) is 20.3 Å². The van der Waals surface area contributed by atoms with Gasteiger partial charge in [-0.3, -0.25) is 4.79 Å². The maximum absolute atomic E-state index is 11.4. The minimum absolute atomic E-state index is 0.0848. The van der Waals surface area contributed by atoms with Gasteiger partial charge in [0.05, 0.1) is 17.4 Å². The van der Waals surface area contributed by atoms with Crippen LogP contribution in [0.2, 0.25) is 0 Å². The molecule has 124 valence electrons. The molecule has 0 saturated heterocycles. The molecule has 25 heavy (non-hydrogen) atoms. The van der Waals surface area contributed by atoms with Crippen LogP contribution in [-0.2, 0) is 13.0 Å². The average Bonchev–Trinajstić information content (AvgIpc) is 3.05. The van der Waals surface area contributed by atoms with Crippen molar-refractivity contribution >= 4 is 33.5 Å². The number of nitrogen functional groups attached to an aromatic ring is 1. The number of nitrogens with two attached hydrogens (primary N) is 1. The number of ketones is 1. The molecule has 0 radical (unpaired) electrons. The molecule has 2 heterocycles. The number of anilines is 1. The molecule has 2 N–H and O–H groups in total. The Labute approximate surface area is 145 Å². The summed E-state index contributed by atoms with van der Waals surface area (Å²) in [4.78, 5) is 20.3. The summed E-state index contributed by atoms with van der Waals surface area (Å²) in [5, 5.41) is 1.05. The first-order valence-electron chi connectivity index (χ1n) is 8.22. The first-order valence-corrected chi connectivity index (χ1v) is 8.22. The summed E-state index contributed by atoms with van der Waals surface area (Å²) in [6.07, 6.45) is 2.67. The van der Waals surface area contributed by atoms with Crippen LogP contribution in [0.4, 0.5) is 5.82 Å². The number of Topliss-reactive ketones (excluding diaryl/α,β-unsaturated/α-hetero) is 1. The highest BCUT2D eigenvalue weighted by Crippen LogP contribution is 2.27. The van der Waals surface area contributed by atoms with E-state index in [2.05, 4.69) is 14.5 Å². The lowest BCUT2D eigenvalue weighted by Crippen LogP contribution is -2.02. The highest BCUT2D eigenvalue weighted by atomic mass is 16.1. The van der Waals surface area contributed by atoms with E-state index in [1.165, 1.54) is 5.56 Å². The van der Waals surface area contributed by atoms with Gasteiger partial charge in [0.25, 0.3) is 0 Å². The van der Waals surface area contributed by atoms with Gasteiger partial charge in [0.1, 0.15) is 5.52 Å². The molecule has 0 aliphatic carbocycles. The van der Waals surface area contributed by atoms with Gasteiger partial charge in [0.15, 0.2) is 11.6 Å². The van der Waals surface area contributed by atoms with E-state index in [1.807, 2.05) is 54.9 Å². The number of para-hydroxylation sites is 1. The number of nitrogens with zero attached hydrogens (tertiary/aromatic N) is 3. The van der Waals surface area contributed by atoms with Crippen LogP contribution in [0.15, 0.2) is 54.9 Å². The molecular weight excluding hydrogens is 312 g/mol. The monoisotopic (exact) mass is 330 g/mol. The number of carbonyl (C=O) groups is 1. The van der Waals surface area contributed by atoms with Gasteiger partial charge >= 0.3 is 0 Å². The van der Waals surface area contributed by atoms with Crippen molar-refractivity contribution in [3.05, 3.63) is 66.0 Å². The van der Waals surface area contributed by atoms with Crippen LogP contribution in [0.3, 0.4) is 0 Å². The molecule has 4 aromatic rings. The van der Waals surface area contributed by atoms with E-state index < -0.39 is 0 Å². The molecule has 2 aromatic carbocycles. The van der Waals surface area contributed by atoms with Gasteiger partial charge in [-0.05, 0) is 25.0 Å². The molecule has 2 aromatic heterocycles. The Morgan fingerprint density at radius 3 is 2.64 bits per heavy atom. The summed E-state index contributed by atoms with van der Waals surface area (Å²) < 4.78 is 2.12. The molecule has 0 amide bonds. The number of hydrogen-bond acceptors (Lipinski definition) is 4. The van der Waals surface area contributed by atoms with Crippen LogP contribution in [0, 0.1) is 0 Å². The second-order valence-electron chi connectivity index (χ2n) is 6.15. The minimum Gasteiger partial charge on any atom is -0.382 e. The third-order valence-corrected chi connectivity index (χ3v) is 4.48. The fraction of sp³-hybridized carbons (Fsp3) is 0.150. The largest absolute Gasteiger partial charge is 0.382 e. The Hall–Kier alpha value is -3.21. The predicted octanol–water partition coefficient (Wildman–Crippen LogP) is 3.61. The van der Waals surface area contributed by atoms with Gasteiger partial charge in [-0.2, -0.15) is 0 Å². The van der Waals surface area contributed by atoms with Crippen LogP contribution in [0.5, 0.6) is 0 Å². The fourth-order valence-corrected chi connectivity index (χ4v) is 3.13. The van der Waals surface area contributed by atoms with Crippen molar-refractivity contribution < 1.29 is 4.79 Å². The number of carbonyl (C=O) groups excluding carboxylic acids is 1. The van der Waals surface area contributed by atoms with E-state index in [9.17, 15) is 4.79 Å². The number of aromatic nitrogens is 3. The molecule has 0 aliphatic heterocycles. The van der Waals surface area contributed by atoms with Crippen molar-refractivity contribution in [2.45, 2.75) is 19.9 Å². The van der Waals surface area contributed by atoms with Gasteiger partial charge in [-0.15, -0.1) is 0 Å². The summed E-state index contributed by atoms with van der Waals surface area (Å²) in [5.74, 6) is 0.542. The molecule has 4 rings (SSSR count). The second-order valence-corrected chi connectivity index (χ2v) is 6.15. The van der Waals surface area contributed by atoms with Crippen molar-refractivity contribution in [1.29, 1.82) is 0 Å². The topological polar surface area (TPSA) is 73.8 Å². The summed E-state index contributed by atoms with van der Waals surface area (Å²) in [5.41, 5.74) is 10.6. The zero-order chi connectivity index (χ0) is 17.4. The minimum atomic E-state index is 0.0848. The normalized spacial score (nSPS) is 11.2. The van der Waals surface area contributed by atoms with E-state index in [0.29, 0.717) is 5.82 Å². The predicted molar refractivity (Wildman–Crippen MR) is 99.6 cm³/mol. The quantitative estimate of drug-likeness (QED) is 0.580. The average molecular weight is 330 g/mol. The number of benzene rings is 2. The lowest BCUT2D eigenvalue weighted by molar-refractivity contribution is 0.101. The van der Waals surface area contributed by atoms with Crippen LogP contribution >= 0.6 is 0 Å². The van der Waals surface area contributed by atoms with E-state index in [-0.39, 0.29) is 5.78 Å². The Bertz CT molecular complexity index is 1080. The maximum atomic E-state index is 11.4. The number of hydrogen-bond donors (Lipinski definition) is 1. The smallest absolute Gasteiger partial charge is 0.159 e. The van der Waals surface area contributed by atoms with Crippen molar-refractivity contribution in [2.75, 3.05) is 5.73 Å². The third kappa shape index (κ3) is 2.74. The molecular formula is C20H18N4O. The Balaban J connectivity index is 1.69. The van der Waals surface area contributed by atoms with Gasteiger partial charge < -0.3 is 10.3 Å². The summed E-state index contributed by atoms with van der Waals surface area (Å²) in [6, 6.07) is 15.7. The van der Waals surface area contributed by atoms with Gasteiger partial charge in [0.2, 0.25) is 0 Å². The number of pyridine rings is 1. The standard InChI is InChI=1S/C20H18N4O/c1-13(25)15-8-6-14(7-9-15)10-11-24-12-22-18-19(24)16-4-2-3-5-17(16)23-20(18)21/h2-9,12H,10-11H2,1H3,(H2,21,23). The zero-order valence-electron chi connectivity index (χ0n) is 13.9. The molecule has 0 fully saturated rings. The molecule has 0 atom stereocenters. The van der Waals surface area contributed by atoms with E-state index >= 15 is 0 Å². The molecule has 0 aliphatic rings. The van der Waals surface area contributed by atoms with Crippen LogP contribution in [0.1, 0.15) is 22.8 Å². The SMILES string of the molecule is CC(=O)c1ccc(CCn2cnc3c(N)nc4ccccc4c32)cc1. The number of fused-ring (bicyclic) bond motifs is 3. The number of aryl methyl sites for hydroxylation is 2. The van der Waals surface area contributed by atoms with Gasteiger partial charge in [0, 0.05) is 17.5 Å². The van der Waals surface area contributed by atoms with Gasteiger partial charge in [-0.1, -0.05) is 42.5 Å². The number of imidazole rings is 1. The lowest BCUT2D eigenvalue weighted by atomic mass is 10.1. The Kier molecular flexibility index (Phi) is 3.69. The fourth-order valence-electron chi connectivity index (χ4n) is 3.13. The molecule has 5 nitrogen and oxygen atoms in total. The van der Waals surface area contributed by atoms with Crippen molar-refractivity contribution in [1.82, 2.24) is 14.5 Å². The molecule has 0 spiro atoms. The highest BCUT2D eigenvalue weighted by Gasteiger charge is 2.12. The van der Waals surface area contributed by atoms with Crippen LogP contribution < -0.4 is 5.73 Å². The first-order chi connectivity index (χ1) is 12.1. The van der Waals surface area contributed by atoms with E-state index in [4.69, 9.17) is 5.73 Å². The van der Waals surface area contributed by atoms with Gasteiger partial charge in [-0.25, -0.2) is 9.97 Å². The summed E-state index contributed by atoms with van der Waals surface area (Å²) in [6.45, 7) is 2.36. The molecule has 0 unspecified atom stereocenters. The lowest BCUT2D eigenvalue weighted by Gasteiger charge is -2.08. The molecule has 0 saturated carbocycles. The van der Waals surface area contributed by atoms with E-state index in [1.54, 1.807) is 6.92 Å². The zero-order valence-corrected chi connectivity index (χ0v) is 13.9. The second kappa shape index (κ2) is 6.02. The van der Waals surface area contributed by atoms with E-state index in [0.717, 1.165) is 40.5 Å². The van der Waals surface area contributed by atoms with Crippen molar-refractivity contribution in [3.63, 3.8) is 0 Å². The van der Waals surface area contributed by atoms with Crippen molar-refractivity contribution in [2.24, 2.45) is 0 Å². The first kappa shape index (κ1) is 15.3. The van der Waals surface area contributed by atoms with Crippen molar-refractivity contribution in [3.8, 4) is 0 Å². The highest BCUT2D eigenvalue weighted by molar-refractivity contribution is 6.06. The Morgan fingerprint density at radius 2 is 1.88 bits per heavy atom. The third-order valence-electron chi connectivity index (χ3n) is 4.48. The number of rotatable bonds is 4. The maximum Gasteiger partial charge on any atom is 0.159 e. The summed E-state index contributed by atoms with van der Waals surface area (Å²) >= 11 is 0. The molecule has 0 bridgehead atoms.